The van der Waals surface area contributed by atoms with Gasteiger partial charge in [-0.05, 0) is 36.7 Å². The quantitative estimate of drug-likeness (QED) is 0.704. The van der Waals surface area contributed by atoms with Crippen molar-refractivity contribution < 1.29 is 0 Å². The second-order valence-electron chi connectivity index (χ2n) is 4.81. The lowest BCUT2D eigenvalue weighted by molar-refractivity contribution is 0.329. The van der Waals surface area contributed by atoms with Gasteiger partial charge in [-0.25, -0.2) is 0 Å². The predicted molar refractivity (Wildman–Crippen MR) is 77.0 cm³/mol. The normalized spacial score (nSPS) is 16.1. The Morgan fingerprint density at radius 3 is 2.28 bits per heavy atom. The second kappa shape index (κ2) is 5.17. The van der Waals surface area contributed by atoms with Gasteiger partial charge in [0.1, 0.15) is 0 Å². The molecule has 0 unspecified atom stereocenters. The van der Waals surface area contributed by atoms with E-state index >= 15 is 0 Å². The Kier molecular flexibility index (Phi) is 3.39. The summed E-state index contributed by atoms with van der Waals surface area (Å²) in [7, 11) is 2.20. The lowest BCUT2D eigenvalue weighted by Crippen LogP contribution is -2.20. The molecule has 0 atom stereocenters. The molecule has 2 aromatic carbocycles. The van der Waals surface area contributed by atoms with E-state index in [0.29, 0.717) is 0 Å². The molecule has 0 aliphatic carbocycles. The van der Waals surface area contributed by atoms with Crippen LogP contribution in [-0.4, -0.2) is 18.5 Å². The standard InChI is InChI=1S/C16H17NS/c1-17-11-10-13-6-2-4-8-15(13)18-16-9-5-3-7-14(16)12-17/h2-9H,10-12H2,1H3. The Bertz CT molecular complexity index is 550. The first-order valence-corrected chi connectivity index (χ1v) is 7.17. The third kappa shape index (κ3) is 2.45. The summed E-state index contributed by atoms with van der Waals surface area (Å²) in [5.74, 6) is 0. The van der Waals surface area contributed by atoms with Gasteiger partial charge in [-0.2, -0.15) is 0 Å². The van der Waals surface area contributed by atoms with Crippen LogP contribution in [0.15, 0.2) is 58.3 Å². The lowest BCUT2D eigenvalue weighted by Gasteiger charge is -2.16. The molecule has 1 aliphatic heterocycles. The number of fused-ring (bicyclic) bond motifs is 2. The zero-order valence-corrected chi connectivity index (χ0v) is 11.4. The molecule has 0 radical (unpaired) electrons. The number of likely N-dealkylation sites (N-methyl/N-ethyl adjacent to an activating group) is 1. The highest BCUT2D eigenvalue weighted by atomic mass is 32.2. The first-order chi connectivity index (χ1) is 8.83. The molecule has 0 bridgehead atoms. The first kappa shape index (κ1) is 11.8. The van der Waals surface area contributed by atoms with Crippen LogP contribution >= 0.6 is 11.8 Å². The Balaban J connectivity index is 2.06. The summed E-state index contributed by atoms with van der Waals surface area (Å²) < 4.78 is 0. The van der Waals surface area contributed by atoms with Gasteiger partial charge < -0.3 is 4.90 Å². The Hall–Kier alpha value is -1.25. The maximum absolute atomic E-state index is 2.40. The van der Waals surface area contributed by atoms with Gasteiger partial charge in [0.15, 0.2) is 0 Å². The van der Waals surface area contributed by atoms with E-state index in [4.69, 9.17) is 0 Å². The van der Waals surface area contributed by atoms with E-state index in [-0.39, 0.29) is 0 Å². The van der Waals surface area contributed by atoms with Crippen molar-refractivity contribution in [1.29, 1.82) is 0 Å². The van der Waals surface area contributed by atoms with E-state index in [2.05, 4.69) is 60.5 Å². The molecule has 92 valence electrons. The minimum atomic E-state index is 1.04. The van der Waals surface area contributed by atoms with Gasteiger partial charge in [-0.15, -0.1) is 0 Å². The van der Waals surface area contributed by atoms with Crippen molar-refractivity contribution in [2.45, 2.75) is 22.8 Å². The average Bonchev–Trinajstić information content (AvgIpc) is 2.46. The third-order valence-corrected chi connectivity index (χ3v) is 4.60. The summed E-state index contributed by atoms with van der Waals surface area (Å²) in [6.45, 7) is 2.16. The summed E-state index contributed by atoms with van der Waals surface area (Å²) in [5, 5.41) is 0. The minimum absolute atomic E-state index is 1.04. The number of nitrogens with zero attached hydrogens (tertiary/aromatic N) is 1. The summed E-state index contributed by atoms with van der Waals surface area (Å²) in [5.41, 5.74) is 2.90. The smallest absolute Gasteiger partial charge is 0.0242 e. The molecule has 1 nitrogen and oxygen atoms in total. The molecule has 18 heavy (non-hydrogen) atoms. The Morgan fingerprint density at radius 2 is 1.50 bits per heavy atom. The van der Waals surface area contributed by atoms with Gasteiger partial charge in [-0.3, -0.25) is 0 Å². The maximum atomic E-state index is 2.40. The van der Waals surface area contributed by atoms with Crippen molar-refractivity contribution in [3.05, 3.63) is 59.7 Å². The van der Waals surface area contributed by atoms with Gasteiger partial charge in [0.25, 0.3) is 0 Å². The van der Waals surface area contributed by atoms with Crippen molar-refractivity contribution in [3.8, 4) is 0 Å². The molecule has 0 saturated heterocycles. The van der Waals surface area contributed by atoms with Crippen LogP contribution in [-0.2, 0) is 13.0 Å². The van der Waals surface area contributed by atoms with Crippen LogP contribution in [0.5, 0.6) is 0 Å². The summed E-state index contributed by atoms with van der Waals surface area (Å²) in [6.07, 6.45) is 1.13. The summed E-state index contributed by atoms with van der Waals surface area (Å²) in [4.78, 5) is 5.19. The highest BCUT2D eigenvalue weighted by molar-refractivity contribution is 7.99. The van der Waals surface area contributed by atoms with Crippen LogP contribution in [0.4, 0.5) is 0 Å². The first-order valence-electron chi connectivity index (χ1n) is 6.35. The molecule has 0 spiro atoms. The molecule has 0 N–H and O–H groups in total. The predicted octanol–water partition coefficient (Wildman–Crippen LogP) is 3.83. The molecule has 0 saturated carbocycles. The van der Waals surface area contributed by atoms with Gasteiger partial charge in [-0.1, -0.05) is 48.2 Å². The Morgan fingerprint density at radius 1 is 0.889 bits per heavy atom. The Labute approximate surface area is 113 Å². The highest BCUT2D eigenvalue weighted by Gasteiger charge is 2.12. The number of benzene rings is 2. The molecule has 0 amide bonds. The van der Waals surface area contributed by atoms with E-state index in [1.54, 1.807) is 0 Å². The number of hydrogen-bond acceptors (Lipinski definition) is 2. The van der Waals surface area contributed by atoms with Crippen LogP contribution in [0.25, 0.3) is 0 Å². The van der Waals surface area contributed by atoms with Crippen molar-refractivity contribution in [1.82, 2.24) is 4.90 Å². The molecule has 1 heterocycles. The van der Waals surface area contributed by atoms with Gasteiger partial charge in [0.2, 0.25) is 0 Å². The average molecular weight is 255 g/mol. The molecule has 0 fully saturated rings. The van der Waals surface area contributed by atoms with E-state index in [1.165, 1.54) is 20.9 Å². The maximum Gasteiger partial charge on any atom is 0.0242 e. The zero-order chi connectivity index (χ0) is 12.4. The lowest BCUT2D eigenvalue weighted by atomic mass is 10.1. The van der Waals surface area contributed by atoms with Gasteiger partial charge in [0, 0.05) is 22.9 Å². The summed E-state index contributed by atoms with van der Waals surface area (Å²) in [6, 6.07) is 17.5. The SMILES string of the molecule is CN1CCc2ccccc2Sc2ccccc2C1. The fourth-order valence-electron chi connectivity index (χ4n) is 2.34. The van der Waals surface area contributed by atoms with Crippen LogP contribution in [0.2, 0.25) is 0 Å². The van der Waals surface area contributed by atoms with Crippen molar-refractivity contribution >= 4 is 11.8 Å². The van der Waals surface area contributed by atoms with Crippen molar-refractivity contribution in [2.75, 3.05) is 13.6 Å². The van der Waals surface area contributed by atoms with Gasteiger partial charge >= 0.3 is 0 Å². The van der Waals surface area contributed by atoms with E-state index in [0.717, 1.165) is 19.5 Å². The summed E-state index contributed by atoms with van der Waals surface area (Å²) >= 11 is 1.91. The van der Waals surface area contributed by atoms with E-state index in [1.807, 2.05) is 11.8 Å². The molecule has 1 aliphatic rings. The number of hydrogen-bond donors (Lipinski definition) is 0. The van der Waals surface area contributed by atoms with Crippen LogP contribution in [0, 0.1) is 0 Å². The minimum Gasteiger partial charge on any atom is -0.302 e. The van der Waals surface area contributed by atoms with Crippen LogP contribution in [0.3, 0.4) is 0 Å². The largest absolute Gasteiger partial charge is 0.302 e. The topological polar surface area (TPSA) is 3.24 Å². The van der Waals surface area contributed by atoms with Crippen molar-refractivity contribution in [3.63, 3.8) is 0 Å². The molecule has 2 aromatic rings. The van der Waals surface area contributed by atoms with E-state index < -0.39 is 0 Å². The molecule has 0 aromatic heterocycles. The highest BCUT2D eigenvalue weighted by Crippen LogP contribution is 2.34. The molecule has 2 heteroatoms. The zero-order valence-electron chi connectivity index (χ0n) is 10.6. The van der Waals surface area contributed by atoms with Crippen molar-refractivity contribution in [2.24, 2.45) is 0 Å². The molecular formula is C16H17NS. The van der Waals surface area contributed by atoms with Crippen LogP contribution < -0.4 is 0 Å². The molecular weight excluding hydrogens is 238 g/mol. The fraction of sp³-hybridized carbons (Fsp3) is 0.250. The monoisotopic (exact) mass is 255 g/mol. The van der Waals surface area contributed by atoms with Crippen LogP contribution in [0.1, 0.15) is 11.1 Å². The fourth-order valence-corrected chi connectivity index (χ4v) is 3.44. The van der Waals surface area contributed by atoms with E-state index in [9.17, 15) is 0 Å². The number of rotatable bonds is 0. The molecule has 3 rings (SSSR count). The van der Waals surface area contributed by atoms with Gasteiger partial charge in [0.05, 0.1) is 0 Å². The third-order valence-electron chi connectivity index (χ3n) is 3.37. The second-order valence-corrected chi connectivity index (χ2v) is 5.89.